The van der Waals surface area contributed by atoms with Crippen LogP contribution in [0.1, 0.15) is 20.3 Å². The molecule has 1 unspecified atom stereocenters. The Morgan fingerprint density at radius 2 is 2.00 bits per heavy atom. The molecule has 1 N–H and O–H groups in total. The molecule has 4 heteroatoms. The van der Waals surface area contributed by atoms with Crippen molar-refractivity contribution in [1.29, 1.82) is 0 Å². The van der Waals surface area contributed by atoms with E-state index in [2.05, 4.69) is 0 Å². The topological polar surface area (TPSA) is 57.6 Å². The Labute approximate surface area is 72.2 Å². The van der Waals surface area contributed by atoms with Crippen molar-refractivity contribution in [3.05, 3.63) is 0 Å². The molecule has 0 aromatic heterocycles. The lowest BCUT2D eigenvalue weighted by Gasteiger charge is -2.22. The highest BCUT2D eigenvalue weighted by molar-refractivity contribution is 5.96. The van der Waals surface area contributed by atoms with Gasteiger partial charge < -0.3 is 10.0 Å². The van der Waals surface area contributed by atoms with Crippen LogP contribution in [0.3, 0.4) is 0 Å². The summed E-state index contributed by atoms with van der Waals surface area (Å²) in [5, 5.41) is 8.71. The maximum Gasteiger partial charge on any atom is 0.230 e. The normalized spacial score (nSPS) is 12.3. The number of Topliss-reactive ketones (excluding diaryl/α,β-unsaturated/α-hetero) is 1. The van der Waals surface area contributed by atoms with Crippen LogP contribution in [-0.2, 0) is 9.59 Å². The lowest BCUT2D eigenvalue weighted by Crippen LogP contribution is -2.37. The number of likely N-dealkylation sites (N-methyl/N-ethyl adjacent to an activating group) is 1. The van der Waals surface area contributed by atoms with E-state index in [9.17, 15) is 9.59 Å². The van der Waals surface area contributed by atoms with Crippen LogP contribution >= 0.6 is 0 Å². The molecule has 0 fully saturated rings. The molecule has 0 heterocycles. The molecular formula is C8H15NO3. The number of aliphatic hydroxyl groups excluding tert-OH is 1. The van der Waals surface area contributed by atoms with Crippen LogP contribution in [0.2, 0.25) is 0 Å². The van der Waals surface area contributed by atoms with Gasteiger partial charge in [-0.05, 0) is 13.8 Å². The minimum Gasteiger partial charge on any atom is -0.394 e. The van der Waals surface area contributed by atoms with Crippen LogP contribution in [0.25, 0.3) is 0 Å². The fraction of sp³-hybridized carbons (Fsp3) is 0.750. The second-order valence-electron chi connectivity index (χ2n) is 2.92. The SMILES string of the molecule is CC(=O)CC(=O)N(C)C(C)CO. The van der Waals surface area contributed by atoms with Crippen LogP contribution < -0.4 is 0 Å². The molecule has 0 radical (unpaired) electrons. The summed E-state index contributed by atoms with van der Waals surface area (Å²) in [7, 11) is 1.58. The van der Waals surface area contributed by atoms with Gasteiger partial charge in [0.25, 0.3) is 0 Å². The molecule has 1 atom stereocenters. The van der Waals surface area contributed by atoms with Gasteiger partial charge >= 0.3 is 0 Å². The number of amides is 1. The summed E-state index contributed by atoms with van der Waals surface area (Å²) in [4.78, 5) is 23.1. The molecule has 0 aliphatic carbocycles. The first-order chi connectivity index (χ1) is 5.49. The number of rotatable bonds is 4. The number of nitrogens with zero attached hydrogens (tertiary/aromatic N) is 1. The molecular weight excluding hydrogens is 158 g/mol. The Bertz CT molecular complexity index is 179. The summed E-state index contributed by atoms with van der Waals surface area (Å²) in [6, 6.07) is -0.225. The zero-order valence-corrected chi connectivity index (χ0v) is 7.70. The number of carbonyl (C=O) groups excluding carboxylic acids is 2. The fourth-order valence-electron chi connectivity index (χ4n) is 0.706. The Balaban J connectivity index is 4.01. The maximum absolute atomic E-state index is 11.1. The highest BCUT2D eigenvalue weighted by atomic mass is 16.3. The average Bonchev–Trinajstić information content (AvgIpc) is 2.00. The molecule has 0 aliphatic heterocycles. The van der Waals surface area contributed by atoms with Crippen LogP contribution in [-0.4, -0.2) is 41.4 Å². The van der Waals surface area contributed by atoms with Gasteiger partial charge in [-0.2, -0.15) is 0 Å². The van der Waals surface area contributed by atoms with E-state index in [1.54, 1.807) is 14.0 Å². The van der Waals surface area contributed by atoms with Gasteiger partial charge in [0, 0.05) is 7.05 Å². The van der Waals surface area contributed by atoms with Crippen molar-refractivity contribution in [3.8, 4) is 0 Å². The Kier molecular flexibility index (Phi) is 4.51. The number of hydrogen-bond acceptors (Lipinski definition) is 3. The molecule has 0 spiro atoms. The largest absolute Gasteiger partial charge is 0.394 e. The number of ketones is 1. The summed E-state index contributed by atoms with van der Waals surface area (Å²) in [6.07, 6.45) is -0.0825. The van der Waals surface area contributed by atoms with Crippen LogP contribution in [0.15, 0.2) is 0 Å². The van der Waals surface area contributed by atoms with E-state index < -0.39 is 0 Å². The van der Waals surface area contributed by atoms with Crippen molar-refractivity contribution in [3.63, 3.8) is 0 Å². The van der Waals surface area contributed by atoms with Gasteiger partial charge in [-0.1, -0.05) is 0 Å². The van der Waals surface area contributed by atoms with Crippen LogP contribution in [0, 0.1) is 0 Å². The van der Waals surface area contributed by atoms with Gasteiger partial charge in [-0.15, -0.1) is 0 Å². The summed E-state index contributed by atoms with van der Waals surface area (Å²) in [5.74, 6) is -0.402. The first kappa shape index (κ1) is 11.1. The molecule has 0 aromatic carbocycles. The summed E-state index contributed by atoms with van der Waals surface area (Å²) < 4.78 is 0. The second kappa shape index (κ2) is 4.87. The van der Waals surface area contributed by atoms with Gasteiger partial charge in [-0.25, -0.2) is 0 Å². The van der Waals surface area contributed by atoms with Gasteiger partial charge in [-0.3, -0.25) is 9.59 Å². The molecule has 0 aromatic rings. The van der Waals surface area contributed by atoms with Crippen molar-refractivity contribution < 1.29 is 14.7 Å². The van der Waals surface area contributed by atoms with Crippen molar-refractivity contribution in [2.24, 2.45) is 0 Å². The van der Waals surface area contributed by atoms with E-state index >= 15 is 0 Å². The van der Waals surface area contributed by atoms with E-state index in [-0.39, 0.29) is 30.8 Å². The zero-order chi connectivity index (χ0) is 9.72. The average molecular weight is 173 g/mol. The third kappa shape index (κ3) is 3.48. The monoisotopic (exact) mass is 173 g/mol. The van der Waals surface area contributed by atoms with Gasteiger partial charge in [0.2, 0.25) is 5.91 Å². The molecule has 70 valence electrons. The number of hydrogen-bond donors (Lipinski definition) is 1. The molecule has 0 bridgehead atoms. The highest BCUT2D eigenvalue weighted by Gasteiger charge is 2.15. The second-order valence-corrected chi connectivity index (χ2v) is 2.92. The summed E-state index contributed by atoms with van der Waals surface area (Å²) >= 11 is 0. The quantitative estimate of drug-likeness (QED) is 0.599. The van der Waals surface area contributed by atoms with Gasteiger partial charge in [0.1, 0.15) is 5.78 Å². The van der Waals surface area contributed by atoms with Crippen molar-refractivity contribution in [2.45, 2.75) is 26.3 Å². The van der Waals surface area contributed by atoms with E-state index in [1.165, 1.54) is 11.8 Å². The van der Waals surface area contributed by atoms with E-state index in [0.29, 0.717) is 0 Å². The first-order valence-electron chi connectivity index (χ1n) is 3.85. The van der Waals surface area contributed by atoms with Crippen molar-refractivity contribution in [1.82, 2.24) is 4.90 Å². The highest BCUT2D eigenvalue weighted by Crippen LogP contribution is 1.98. The molecule has 0 aliphatic rings. The molecule has 0 saturated heterocycles. The Morgan fingerprint density at radius 1 is 1.50 bits per heavy atom. The van der Waals surface area contributed by atoms with E-state index in [4.69, 9.17) is 5.11 Å². The molecule has 0 saturated carbocycles. The molecule has 4 nitrogen and oxygen atoms in total. The van der Waals surface area contributed by atoms with E-state index in [0.717, 1.165) is 0 Å². The van der Waals surface area contributed by atoms with Gasteiger partial charge in [0.05, 0.1) is 19.1 Å². The van der Waals surface area contributed by atoms with Crippen LogP contribution in [0.5, 0.6) is 0 Å². The van der Waals surface area contributed by atoms with Crippen molar-refractivity contribution >= 4 is 11.7 Å². The third-order valence-corrected chi connectivity index (χ3v) is 1.72. The first-order valence-corrected chi connectivity index (χ1v) is 3.85. The van der Waals surface area contributed by atoms with E-state index in [1.807, 2.05) is 0 Å². The minimum absolute atomic E-state index is 0.0825. The lowest BCUT2D eigenvalue weighted by molar-refractivity contribution is -0.135. The lowest BCUT2D eigenvalue weighted by atomic mass is 10.2. The predicted molar refractivity (Wildman–Crippen MR) is 44.6 cm³/mol. The smallest absolute Gasteiger partial charge is 0.230 e. The third-order valence-electron chi connectivity index (χ3n) is 1.72. The summed E-state index contributed by atoms with van der Waals surface area (Å²) in [5.41, 5.74) is 0. The number of aliphatic hydroxyl groups is 1. The fourth-order valence-corrected chi connectivity index (χ4v) is 0.706. The Morgan fingerprint density at radius 3 is 2.33 bits per heavy atom. The zero-order valence-electron chi connectivity index (χ0n) is 7.70. The van der Waals surface area contributed by atoms with Crippen LogP contribution in [0.4, 0.5) is 0 Å². The molecule has 1 amide bonds. The standard InChI is InChI=1S/C8H15NO3/c1-6(5-10)9(3)8(12)4-7(2)11/h6,10H,4-5H2,1-3H3. The maximum atomic E-state index is 11.1. The Hall–Kier alpha value is -0.900. The number of carbonyl (C=O) groups is 2. The van der Waals surface area contributed by atoms with Crippen molar-refractivity contribution in [2.75, 3.05) is 13.7 Å². The minimum atomic E-state index is -0.246. The predicted octanol–water partition coefficient (Wildman–Crippen LogP) is -0.195. The molecule has 0 rings (SSSR count). The molecule has 12 heavy (non-hydrogen) atoms. The van der Waals surface area contributed by atoms with Gasteiger partial charge in [0.15, 0.2) is 0 Å². The summed E-state index contributed by atoms with van der Waals surface area (Å²) in [6.45, 7) is 3.01.